The predicted molar refractivity (Wildman–Crippen MR) is 106 cm³/mol. The van der Waals surface area contributed by atoms with Gasteiger partial charge in [-0.3, -0.25) is 4.79 Å². The van der Waals surface area contributed by atoms with Crippen molar-refractivity contribution >= 4 is 17.5 Å². The van der Waals surface area contributed by atoms with Crippen molar-refractivity contribution in [1.29, 1.82) is 0 Å². The summed E-state index contributed by atoms with van der Waals surface area (Å²) < 4.78 is 0. The fraction of sp³-hybridized carbons (Fsp3) is 0.750. The lowest BCUT2D eigenvalue weighted by Gasteiger charge is -2.36. The van der Waals surface area contributed by atoms with Crippen molar-refractivity contribution in [3.8, 4) is 0 Å². The van der Waals surface area contributed by atoms with Crippen LogP contribution in [0.25, 0.3) is 0 Å². The van der Waals surface area contributed by atoms with Crippen LogP contribution in [0.5, 0.6) is 0 Å². The number of hydrogen-bond donors (Lipinski definition) is 1. The second-order valence-electron chi connectivity index (χ2n) is 7.60. The van der Waals surface area contributed by atoms with Crippen molar-refractivity contribution in [2.75, 3.05) is 42.9 Å². The second kappa shape index (κ2) is 9.19. The summed E-state index contributed by atoms with van der Waals surface area (Å²) in [5, 5.41) is 3.26. The smallest absolute Gasteiger partial charge is 0.222 e. The maximum Gasteiger partial charge on any atom is 0.222 e. The molecule has 1 aliphatic heterocycles. The average Bonchev–Trinajstić information content (AvgIpc) is 2.67. The van der Waals surface area contributed by atoms with Crippen molar-refractivity contribution in [1.82, 2.24) is 14.9 Å². The number of nitrogens with one attached hydrogen (secondary N) is 1. The molecule has 0 bridgehead atoms. The van der Waals surface area contributed by atoms with Crippen molar-refractivity contribution < 1.29 is 4.79 Å². The van der Waals surface area contributed by atoms with E-state index in [1.54, 1.807) is 0 Å². The lowest BCUT2D eigenvalue weighted by Crippen LogP contribution is -2.49. The quantitative estimate of drug-likeness (QED) is 0.845. The first-order valence-corrected chi connectivity index (χ1v) is 10.3. The Kier molecular flexibility index (Phi) is 6.69. The van der Waals surface area contributed by atoms with Gasteiger partial charge >= 0.3 is 0 Å². The number of anilines is 2. The van der Waals surface area contributed by atoms with Gasteiger partial charge in [0.05, 0.1) is 0 Å². The van der Waals surface area contributed by atoms with Gasteiger partial charge < -0.3 is 15.1 Å². The van der Waals surface area contributed by atoms with Crippen LogP contribution in [0.15, 0.2) is 6.07 Å². The van der Waals surface area contributed by atoms with E-state index in [4.69, 9.17) is 0 Å². The number of carbonyl (C=O) groups is 1. The summed E-state index contributed by atoms with van der Waals surface area (Å²) in [7, 11) is 0. The summed E-state index contributed by atoms with van der Waals surface area (Å²) in [5.41, 5.74) is 0. The maximum atomic E-state index is 12.5. The van der Waals surface area contributed by atoms with Gasteiger partial charge in [-0.15, -0.1) is 0 Å². The van der Waals surface area contributed by atoms with E-state index in [2.05, 4.69) is 27.1 Å². The molecule has 0 unspecified atom stereocenters. The van der Waals surface area contributed by atoms with E-state index in [0.29, 0.717) is 5.91 Å². The number of hydrogen-bond acceptors (Lipinski definition) is 5. The molecule has 2 heterocycles. The third kappa shape index (κ3) is 5.08. The van der Waals surface area contributed by atoms with E-state index in [9.17, 15) is 4.79 Å². The van der Waals surface area contributed by atoms with E-state index >= 15 is 0 Å². The van der Waals surface area contributed by atoms with Gasteiger partial charge in [-0.1, -0.05) is 32.1 Å². The minimum Gasteiger partial charge on any atom is -0.370 e. The first-order valence-electron chi connectivity index (χ1n) is 10.3. The summed E-state index contributed by atoms with van der Waals surface area (Å²) in [6.45, 7) is 8.11. The molecule has 0 radical (unpaired) electrons. The molecule has 0 aromatic carbocycles. The molecule has 1 aromatic rings. The number of aromatic nitrogens is 2. The number of aryl methyl sites for hydroxylation is 1. The summed E-state index contributed by atoms with van der Waals surface area (Å²) >= 11 is 0. The Morgan fingerprint density at radius 1 is 1.15 bits per heavy atom. The molecule has 6 heteroatoms. The highest BCUT2D eigenvalue weighted by Gasteiger charge is 2.23. The van der Waals surface area contributed by atoms with E-state index in [0.717, 1.165) is 68.9 Å². The zero-order valence-corrected chi connectivity index (χ0v) is 16.3. The van der Waals surface area contributed by atoms with E-state index in [1.807, 2.05) is 17.9 Å². The third-order valence-electron chi connectivity index (χ3n) is 5.63. The van der Waals surface area contributed by atoms with E-state index in [1.165, 1.54) is 32.1 Å². The number of amides is 1. The van der Waals surface area contributed by atoms with Crippen LogP contribution >= 0.6 is 0 Å². The standard InChI is InChI=1S/C20H33N5O/c1-3-21-18-15-19(23-16(2)22-18)24-11-13-25(14-12-24)20(26)10-9-17-7-5-4-6-8-17/h15,17H,3-14H2,1-2H3,(H,21,22,23). The van der Waals surface area contributed by atoms with Crippen LogP contribution in [0.1, 0.15) is 57.7 Å². The van der Waals surface area contributed by atoms with Crippen LogP contribution in [-0.4, -0.2) is 53.5 Å². The lowest BCUT2D eigenvalue weighted by atomic mass is 9.86. The molecular weight excluding hydrogens is 326 g/mol. The highest BCUT2D eigenvalue weighted by atomic mass is 16.2. The highest BCUT2D eigenvalue weighted by molar-refractivity contribution is 5.76. The largest absolute Gasteiger partial charge is 0.370 e. The molecule has 1 aromatic heterocycles. The zero-order chi connectivity index (χ0) is 18.4. The van der Waals surface area contributed by atoms with Crippen molar-refractivity contribution in [3.63, 3.8) is 0 Å². The van der Waals surface area contributed by atoms with Gasteiger partial charge in [0.2, 0.25) is 5.91 Å². The molecule has 144 valence electrons. The molecule has 3 rings (SSSR count). The van der Waals surface area contributed by atoms with Crippen LogP contribution in [0.3, 0.4) is 0 Å². The number of rotatable bonds is 6. The van der Waals surface area contributed by atoms with E-state index in [-0.39, 0.29) is 0 Å². The third-order valence-corrected chi connectivity index (χ3v) is 5.63. The molecule has 2 fully saturated rings. The maximum absolute atomic E-state index is 12.5. The first kappa shape index (κ1) is 18.9. The van der Waals surface area contributed by atoms with Crippen molar-refractivity contribution in [2.45, 2.75) is 58.8 Å². The Bertz CT molecular complexity index is 592. The molecule has 1 aliphatic carbocycles. The Balaban J connectivity index is 1.48. The monoisotopic (exact) mass is 359 g/mol. The zero-order valence-electron chi connectivity index (χ0n) is 16.3. The molecule has 2 aliphatic rings. The number of piperazine rings is 1. The average molecular weight is 360 g/mol. The molecule has 0 atom stereocenters. The highest BCUT2D eigenvalue weighted by Crippen LogP contribution is 2.27. The molecule has 1 saturated heterocycles. The van der Waals surface area contributed by atoms with Gasteiger partial charge in [0.25, 0.3) is 0 Å². The van der Waals surface area contributed by atoms with Crippen LogP contribution in [-0.2, 0) is 4.79 Å². The Hall–Kier alpha value is -1.85. The van der Waals surface area contributed by atoms with Crippen LogP contribution in [0, 0.1) is 12.8 Å². The Labute approximate surface area is 157 Å². The number of carbonyl (C=O) groups excluding carboxylic acids is 1. The van der Waals surface area contributed by atoms with Crippen LogP contribution < -0.4 is 10.2 Å². The van der Waals surface area contributed by atoms with Crippen LogP contribution in [0.4, 0.5) is 11.6 Å². The summed E-state index contributed by atoms with van der Waals surface area (Å²) in [5.74, 6) is 3.73. The Morgan fingerprint density at radius 2 is 1.88 bits per heavy atom. The van der Waals surface area contributed by atoms with Gasteiger partial charge in [0.1, 0.15) is 17.5 Å². The van der Waals surface area contributed by atoms with Gasteiger partial charge in [0.15, 0.2) is 0 Å². The molecule has 0 spiro atoms. The summed E-state index contributed by atoms with van der Waals surface area (Å²) in [6.07, 6.45) is 8.53. The van der Waals surface area contributed by atoms with Crippen LogP contribution in [0.2, 0.25) is 0 Å². The van der Waals surface area contributed by atoms with Gasteiger partial charge in [-0.25, -0.2) is 9.97 Å². The normalized spacial score (nSPS) is 18.8. The van der Waals surface area contributed by atoms with Gasteiger partial charge in [-0.05, 0) is 26.2 Å². The molecule has 1 saturated carbocycles. The Morgan fingerprint density at radius 3 is 2.58 bits per heavy atom. The minimum atomic E-state index is 0.336. The molecular formula is C20H33N5O. The van der Waals surface area contributed by atoms with Crippen molar-refractivity contribution in [2.24, 2.45) is 5.92 Å². The SMILES string of the molecule is CCNc1cc(N2CCN(C(=O)CCC3CCCCC3)CC2)nc(C)n1. The molecule has 1 amide bonds. The second-order valence-corrected chi connectivity index (χ2v) is 7.60. The fourth-order valence-corrected chi connectivity index (χ4v) is 4.13. The molecule has 1 N–H and O–H groups in total. The van der Waals surface area contributed by atoms with Crippen molar-refractivity contribution in [3.05, 3.63) is 11.9 Å². The summed E-state index contributed by atoms with van der Waals surface area (Å²) in [4.78, 5) is 25.8. The minimum absolute atomic E-state index is 0.336. The molecule has 26 heavy (non-hydrogen) atoms. The summed E-state index contributed by atoms with van der Waals surface area (Å²) in [6, 6.07) is 2.01. The fourth-order valence-electron chi connectivity index (χ4n) is 4.13. The van der Waals surface area contributed by atoms with E-state index < -0.39 is 0 Å². The number of nitrogens with zero attached hydrogens (tertiary/aromatic N) is 4. The lowest BCUT2D eigenvalue weighted by molar-refractivity contribution is -0.131. The van der Waals surface area contributed by atoms with Gasteiger partial charge in [0, 0.05) is 45.2 Å². The predicted octanol–water partition coefficient (Wildman–Crippen LogP) is 3.23. The van der Waals surface area contributed by atoms with Gasteiger partial charge in [-0.2, -0.15) is 0 Å². The topological polar surface area (TPSA) is 61.4 Å². The first-order chi connectivity index (χ1) is 12.7. The molecule has 6 nitrogen and oxygen atoms in total.